The second kappa shape index (κ2) is 6.61. The molecule has 116 valence electrons. The molecule has 0 radical (unpaired) electrons. The molecule has 0 aliphatic rings. The zero-order chi connectivity index (χ0) is 16.2. The Balaban J connectivity index is 1.83. The molecule has 0 heterocycles. The first-order valence-electron chi connectivity index (χ1n) is 7.44. The Morgan fingerprint density at radius 3 is 2.30 bits per heavy atom. The van der Waals surface area contributed by atoms with Crippen LogP contribution >= 0.6 is 0 Å². The lowest BCUT2D eigenvalue weighted by Gasteiger charge is -2.08. The standard InChI is InChI=1S/C20H16F2O/c21-18-5-2-4-15(13-18)16-9-10-20(22)17(12-16)8-7-14-3-1-6-19(23)11-14/h1-6,9-13,23H,7-8H2. The highest BCUT2D eigenvalue weighted by molar-refractivity contribution is 5.64. The number of hydrogen-bond acceptors (Lipinski definition) is 1. The fourth-order valence-corrected chi connectivity index (χ4v) is 2.60. The topological polar surface area (TPSA) is 20.2 Å². The highest BCUT2D eigenvalue weighted by Gasteiger charge is 2.07. The molecule has 1 nitrogen and oxygen atoms in total. The van der Waals surface area contributed by atoms with Crippen LogP contribution in [0.2, 0.25) is 0 Å². The fraction of sp³-hybridized carbons (Fsp3) is 0.100. The Labute approximate surface area is 133 Å². The molecule has 0 aromatic heterocycles. The van der Waals surface area contributed by atoms with Crippen molar-refractivity contribution < 1.29 is 13.9 Å². The number of halogens is 2. The summed E-state index contributed by atoms with van der Waals surface area (Å²) in [5.74, 6) is -0.380. The molecule has 0 unspecified atom stereocenters. The fourth-order valence-electron chi connectivity index (χ4n) is 2.60. The molecular weight excluding hydrogens is 294 g/mol. The van der Waals surface area contributed by atoms with Crippen LogP contribution in [0.15, 0.2) is 66.7 Å². The third kappa shape index (κ3) is 3.75. The number of hydrogen-bond donors (Lipinski definition) is 1. The van der Waals surface area contributed by atoms with Gasteiger partial charge in [0.1, 0.15) is 17.4 Å². The molecule has 0 fully saturated rings. The summed E-state index contributed by atoms with van der Waals surface area (Å²) in [6.07, 6.45) is 1.14. The average molecular weight is 310 g/mol. The Hall–Kier alpha value is -2.68. The minimum absolute atomic E-state index is 0.205. The number of aryl methyl sites for hydroxylation is 2. The minimum Gasteiger partial charge on any atom is -0.508 e. The van der Waals surface area contributed by atoms with Crippen molar-refractivity contribution in [1.82, 2.24) is 0 Å². The van der Waals surface area contributed by atoms with Crippen LogP contribution in [0.4, 0.5) is 8.78 Å². The molecule has 3 rings (SSSR count). The van der Waals surface area contributed by atoms with Crippen molar-refractivity contribution in [2.24, 2.45) is 0 Å². The smallest absolute Gasteiger partial charge is 0.126 e. The molecule has 0 amide bonds. The molecule has 0 aliphatic carbocycles. The van der Waals surface area contributed by atoms with Crippen molar-refractivity contribution >= 4 is 0 Å². The molecule has 1 N–H and O–H groups in total. The van der Waals surface area contributed by atoms with E-state index in [2.05, 4.69) is 0 Å². The monoisotopic (exact) mass is 310 g/mol. The first-order valence-corrected chi connectivity index (χ1v) is 7.44. The van der Waals surface area contributed by atoms with E-state index >= 15 is 0 Å². The maximum absolute atomic E-state index is 14.0. The molecule has 0 aliphatic heterocycles. The first kappa shape index (κ1) is 15.2. The number of phenols is 1. The van der Waals surface area contributed by atoms with Gasteiger partial charge in [-0.15, -0.1) is 0 Å². The zero-order valence-electron chi connectivity index (χ0n) is 12.5. The van der Waals surface area contributed by atoms with E-state index in [-0.39, 0.29) is 17.4 Å². The Morgan fingerprint density at radius 1 is 0.739 bits per heavy atom. The van der Waals surface area contributed by atoms with Crippen LogP contribution in [-0.2, 0) is 12.8 Å². The Bertz CT molecular complexity index is 827. The largest absolute Gasteiger partial charge is 0.508 e. The van der Waals surface area contributed by atoms with Gasteiger partial charge in [-0.2, -0.15) is 0 Å². The second-order valence-corrected chi connectivity index (χ2v) is 5.49. The lowest BCUT2D eigenvalue weighted by Crippen LogP contribution is -1.96. The van der Waals surface area contributed by atoms with Crippen molar-refractivity contribution in [3.05, 3.63) is 89.5 Å². The minimum atomic E-state index is -0.312. The molecule has 3 aromatic rings. The van der Waals surface area contributed by atoms with Crippen molar-refractivity contribution in [3.8, 4) is 16.9 Å². The number of aromatic hydroxyl groups is 1. The van der Waals surface area contributed by atoms with E-state index in [1.165, 1.54) is 18.2 Å². The van der Waals surface area contributed by atoms with Gasteiger partial charge in [0.25, 0.3) is 0 Å². The Morgan fingerprint density at radius 2 is 1.52 bits per heavy atom. The predicted molar refractivity (Wildman–Crippen MR) is 87.3 cm³/mol. The third-order valence-electron chi connectivity index (χ3n) is 3.80. The summed E-state index contributed by atoms with van der Waals surface area (Å²) in [6.45, 7) is 0. The molecule has 3 heteroatoms. The zero-order valence-corrected chi connectivity index (χ0v) is 12.5. The normalized spacial score (nSPS) is 10.7. The van der Waals surface area contributed by atoms with Crippen molar-refractivity contribution in [2.75, 3.05) is 0 Å². The lowest BCUT2D eigenvalue weighted by molar-refractivity contribution is 0.474. The Kier molecular flexibility index (Phi) is 4.38. The van der Waals surface area contributed by atoms with E-state index in [4.69, 9.17) is 0 Å². The van der Waals surface area contributed by atoms with Crippen molar-refractivity contribution in [3.63, 3.8) is 0 Å². The summed E-state index contributed by atoms with van der Waals surface area (Å²) in [5, 5.41) is 9.47. The van der Waals surface area contributed by atoms with Gasteiger partial charge in [0, 0.05) is 0 Å². The van der Waals surface area contributed by atoms with Crippen LogP contribution in [0.5, 0.6) is 5.75 Å². The highest BCUT2D eigenvalue weighted by Crippen LogP contribution is 2.24. The van der Waals surface area contributed by atoms with Gasteiger partial charge in [-0.1, -0.05) is 30.3 Å². The van der Waals surface area contributed by atoms with Gasteiger partial charge >= 0.3 is 0 Å². The lowest BCUT2D eigenvalue weighted by atomic mass is 9.98. The number of rotatable bonds is 4. The van der Waals surface area contributed by atoms with Crippen LogP contribution < -0.4 is 0 Å². The van der Waals surface area contributed by atoms with E-state index in [0.717, 1.165) is 16.7 Å². The van der Waals surface area contributed by atoms with Crippen LogP contribution in [-0.4, -0.2) is 5.11 Å². The van der Waals surface area contributed by atoms with Gasteiger partial charge in [-0.05, 0) is 71.5 Å². The van der Waals surface area contributed by atoms with Crippen LogP contribution in [0.25, 0.3) is 11.1 Å². The maximum Gasteiger partial charge on any atom is 0.126 e. The third-order valence-corrected chi connectivity index (χ3v) is 3.80. The summed E-state index contributed by atoms with van der Waals surface area (Å²) in [6, 6.07) is 18.0. The van der Waals surface area contributed by atoms with E-state index in [1.807, 2.05) is 6.07 Å². The molecule has 3 aromatic carbocycles. The van der Waals surface area contributed by atoms with Crippen molar-refractivity contribution in [1.29, 1.82) is 0 Å². The number of benzene rings is 3. The van der Waals surface area contributed by atoms with Crippen molar-refractivity contribution in [2.45, 2.75) is 12.8 Å². The van der Waals surface area contributed by atoms with Gasteiger partial charge in [-0.25, -0.2) is 8.78 Å². The van der Waals surface area contributed by atoms with Gasteiger partial charge in [0.05, 0.1) is 0 Å². The quantitative estimate of drug-likeness (QED) is 0.709. The first-order chi connectivity index (χ1) is 11.1. The van der Waals surface area contributed by atoms with Crippen LogP contribution in [0, 0.1) is 11.6 Å². The summed E-state index contributed by atoms with van der Waals surface area (Å²) in [5.41, 5.74) is 3.04. The van der Waals surface area contributed by atoms with Gasteiger partial charge in [0.15, 0.2) is 0 Å². The van der Waals surface area contributed by atoms with E-state index in [9.17, 15) is 13.9 Å². The molecule has 0 saturated carbocycles. The second-order valence-electron chi connectivity index (χ2n) is 5.49. The number of phenolic OH excluding ortho intramolecular Hbond substituents is 1. The van der Waals surface area contributed by atoms with Crippen LogP contribution in [0.1, 0.15) is 11.1 Å². The predicted octanol–water partition coefficient (Wildman–Crippen LogP) is 5.12. The van der Waals surface area contributed by atoms with E-state index < -0.39 is 0 Å². The molecule has 0 bridgehead atoms. The highest BCUT2D eigenvalue weighted by atomic mass is 19.1. The summed E-state index contributed by atoms with van der Waals surface area (Å²) >= 11 is 0. The summed E-state index contributed by atoms with van der Waals surface area (Å²) in [7, 11) is 0. The van der Waals surface area contributed by atoms with Gasteiger partial charge in [-0.3, -0.25) is 0 Å². The van der Waals surface area contributed by atoms with E-state index in [0.29, 0.717) is 18.4 Å². The molecule has 0 saturated heterocycles. The maximum atomic E-state index is 14.0. The average Bonchev–Trinajstić information content (AvgIpc) is 2.54. The van der Waals surface area contributed by atoms with E-state index in [1.54, 1.807) is 42.5 Å². The van der Waals surface area contributed by atoms with Crippen LogP contribution in [0.3, 0.4) is 0 Å². The SMILES string of the molecule is Oc1cccc(CCc2cc(-c3cccc(F)c3)ccc2F)c1. The summed E-state index contributed by atoms with van der Waals surface area (Å²) in [4.78, 5) is 0. The molecular formula is C20H16F2O. The molecule has 0 atom stereocenters. The molecule has 0 spiro atoms. The summed E-state index contributed by atoms with van der Waals surface area (Å²) < 4.78 is 27.4. The van der Waals surface area contributed by atoms with Gasteiger partial charge in [0.2, 0.25) is 0 Å². The molecule has 23 heavy (non-hydrogen) atoms. The van der Waals surface area contributed by atoms with Gasteiger partial charge < -0.3 is 5.11 Å².